The molecular weight excluding hydrogens is 188 g/mol. The average molecular weight is 195 g/mol. The van der Waals surface area contributed by atoms with Crippen LogP contribution in [0.15, 0.2) is 30.7 Å². The van der Waals surface area contributed by atoms with Crippen molar-refractivity contribution >= 4 is 17.3 Å². The van der Waals surface area contributed by atoms with Gasteiger partial charge in [0.25, 0.3) is 0 Å². The van der Waals surface area contributed by atoms with E-state index in [4.69, 9.17) is 17.3 Å². The largest absolute Gasteiger partial charge is 0.396 e. The van der Waals surface area contributed by atoms with Crippen molar-refractivity contribution in [3.05, 3.63) is 35.7 Å². The van der Waals surface area contributed by atoms with Crippen LogP contribution in [-0.4, -0.2) is 14.8 Å². The van der Waals surface area contributed by atoms with Gasteiger partial charge in [-0.25, -0.2) is 9.67 Å². The predicted molar refractivity (Wildman–Crippen MR) is 50.8 cm³/mol. The Balaban J connectivity index is 2.46. The summed E-state index contributed by atoms with van der Waals surface area (Å²) >= 11 is 5.79. The Kier molecular flexibility index (Phi) is 1.90. The molecule has 5 heteroatoms. The van der Waals surface area contributed by atoms with Crippen LogP contribution in [0.1, 0.15) is 0 Å². The lowest BCUT2D eigenvalue weighted by Crippen LogP contribution is -1.96. The normalized spacial score (nSPS) is 10.2. The second-order valence-electron chi connectivity index (χ2n) is 2.55. The van der Waals surface area contributed by atoms with Crippen LogP contribution in [0.5, 0.6) is 0 Å². The lowest BCUT2D eigenvalue weighted by molar-refractivity contribution is 0.847. The molecule has 2 aromatic rings. The van der Waals surface area contributed by atoms with Crippen molar-refractivity contribution < 1.29 is 0 Å². The van der Waals surface area contributed by atoms with E-state index < -0.39 is 0 Å². The Labute approximate surface area is 80.0 Å². The minimum atomic E-state index is 0.599. The molecule has 0 saturated heterocycles. The van der Waals surface area contributed by atoms with Gasteiger partial charge in [0.15, 0.2) is 5.82 Å². The molecule has 0 aliphatic carbocycles. The van der Waals surface area contributed by atoms with Gasteiger partial charge in [-0.3, -0.25) is 0 Å². The SMILES string of the molecule is Nc1cnn(-c2cc(Cl)ccn2)c1. The van der Waals surface area contributed by atoms with Crippen molar-refractivity contribution in [1.82, 2.24) is 14.8 Å². The van der Waals surface area contributed by atoms with Crippen LogP contribution in [0, 0.1) is 0 Å². The first kappa shape index (κ1) is 8.07. The summed E-state index contributed by atoms with van der Waals surface area (Å²) in [4.78, 5) is 4.08. The monoisotopic (exact) mass is 194 g/mol. The van der Waals surface area contributed by atoms with Crippen molar-refractivity contribution in [2.45, 2.75) is 0 Å². The molecule has 0 aliphatic heterocycles. The second kappa shape index (κ2) is 3.06. The maximum absolute atomic E-state index is 5.79. The molecule has 66 valence electrons. The van der Waals surface area contributed by atoms with Gasteiger partial charge in [0, 0.05) is 17.3 Å². The number of hydrogen-bond acceptors (Lipinski definition) is 3. The molecule has 0 aliphatic rings. The summed E-state index contributed by atoms with van der Waals surface area (Å²) < 4.78 is 1.57. The molecule has 0 radical (unpaired) electrons. The maximum atomic E-state index is 5.79. The third kappa shape index (κ3) is 1.62. The van der Waals surface area contributed by atoms with Crippen molar-refractivity contribution in [3.63, 3.8) is 0 Å². The maximum Gasteiger partial charge on any atom is 0.154 e. The Hall–Kier alpha value is -1.55. The van der Waals surface area contributed by atoms with E-state index >= 15 is 0 Å². The highest BCUT2D eigenvalue weighted by Gasteiger charge is 1.99. The third-order valence-corrected chi connectivity index (χ3v) is 1.78. The van der Waals surface area contributed by atoms with Gasteiger partial charge in [-0.05, 0) is 6.07 Å². The first-order valence-electron chi connectivity index (χ1n) is 3.68. The van der Waals surface area contributed by atoms with E-state index in [0.29, 0.717) is 16.5 Å². The van der Waals surface area contributed by atoms with Gasteiger partial charge in [0.2, 0.25) is 0 Å². The molecule has 2 N–H and O–H groups in total. The van der Waals surface area contributed by atoms with Gasteiger partial charge in [-0.2, -0.15) is 5.10 Å². The zero-order chi connectivity index (χ0) is 9.26. The number of aromatic nitrogens is 3. The fraction of sp³-hybridized carbons (Fsp3) is 0. The number of nitrogens with zero attached hydrogens (tertiary/aromatic N) is 3. The van der Waals surface area contributed by atoms with E-state index in [1.165, 1.54) is 0 Å². The van der Waals surface area contributed by atoms with E-state index in [2.05, 4.69) is 10.1 Å². The van der Waals surface area contributed by atoms with Gasteiger partial charge < -0.3 is 5.73 Å². The Morgan fingerprint density at radius 2 is 2.31 bits per heavy atom. The van der Waals surface area contributed by atoms with Crippen molar-refractivity contribution in [2.24, 2.45) is 0 Å². The summed E-state index contributed by atoms with van der Waals surface area (Å²) in [5.74, 6) is 0.657. The summed E-state index contributed by atoms with van der Waals surface area (Å²) in [7, 11) is 0. The van der Waals surface area contributed by atoms with Gasteiger partial charge in [-0.15, -0.1) is 0 Å². The zero-order valence-corrected chi connectivity index (χ0v) is 7.44. The fourth-order valence-corrected chi connectivity index (χ4v) is 1.13. The molecular formula is C8H7ClN4. The number of pyridine rings is 1. The summed E-state index contributed by atoms with van der Waals surface area (Å²) in [6.45, 7) is 0. The first-order chi connectivity index (χ1) is 6.25. The predicted octanol–water partition coefficient (Wildman–Crippen LogP) is 1.50. The standard InChI is InChI=1S/C8H7ClN4/c9-6-1-2-11-8(3-6)13-5-7(10)4-12-13/h1-5H,10H2. The van der Waals surface area contributed by atoms with Crippen LogP contribution in [0.4, 0.5) is 5.69 Å². The average Bonchev–Trinajstić information content (AvgIpc) is 2.52. The molecule has 4 nitrogen and oxygen atoms in total. The van der Waals surface area contributed by atoms with Gasteiger partial charge in [0.05, 0.1) is 18.1 Å². The van der Waals surface area contributed by atoms with Crippen LogP contribution in [0.25, 0.3) is 5.82 Å². The molecule has 0 aromatic carbocycles. The summed E-state index contributed by atoms with van der Waals surface area (Å²) in [5, 5.41) is 4.62. The van der Waals surface area contributed by atoms with Crippen LogP contribution >= 0.6 is 11.6 Å². The first-order valence-corrected chi connectivity index (χ1v) is 4.05. The van der Waals surface area contributed by atoms with Crippen molar-refractivity contribution in [1.29, 1.82) is 0 Å². The molecule has 0 fully saturated rings. The van der Waals surface area contributed by atoms with Crippen LogP contribution < -0.4 is 5.73 Å². The number of anilines is 1. The molecule has 2 aromatic heterocycles. The molecule has 13 heavy (non-hydrogen) atoms. The number of hydrogen-bond donors (Lipinski definition) is 1. The lowest BCUT2D eigenvalue weighted by Gasteiger charge is -1.98. The number of nitrogens with two attached hydrogens (primary N) is 1. The van der Waals surface area contributed by atoms with Gasteiger partial charge >= 0.3 is 0 Å². The van der Waals surface area contributed by atoms with Crippen molar-refractivity contribution in [3.8, 4) is 5.82 Å². The van der Waals surface area contributed by atoms with Crippen molar-refractivity contribution in [2.75, 3.05) is 5.73 Å². The van der Waals surface area contributed by atoms with Gasteiger partial charge in [0.1, 0.15) is 0 Å². The van der Waals surface area contributed by atoms with E-state index in [-0.39, 0.29) is 0 Å². The minimum absolute atomic E-state index is 0.599. The third-order valence-electron chi connectivity index (χ3n) is 1.54. The summed E-state index contributed by atoms with van der Waals surface area (Å²) in [6, 6.07) is 3.42. The Morgan fingerprint density at radius 1 is 1.46 bits per heavy atom. The minimum Gasteiger partial charge on any atom is -0.396 e. The smallest absolute Gasteiger partial charge is 0.154 e. The van der Waals surface area contributed by atoms with E-state index in [9.17, 15) is 0 Å². The number of halogens is 1. The van der Waals surface area contributed by atoms with Crippen LogP contribution in [-0.2, 0) is 0 Å². The number of rotatable bonds is 1. The second-order valence-corrected chi connectivity index (χ2v) is 2.99. The zero-order valence-electron chi connectivity index (χ0n) is 6.68. The van der Waals surface area contributed by atoms with E-state index in [1.807, 2.05) is 0 Å². The van der Waals surface area contributed by atoms with E-state index in [1.54, 1.807) is 35.4 Å². The highest BCUT2D eigenvalue weighted by Crippen LogP contribution is 2.12. The van der Waals surface area contributed by atoms with E-state index in [0.717, 1.165) is 0 Å². The van der Waals surface area contributed by atoms with Gasteiger partial charge in [-0.1, -0.05) is 11.6 Å². The van der Waals surface area contributed by atoms with Crippen LogP contribution in [0.2, 0.25) is 5.02 Å². The van der Waals surface area contributed by atoms with Crippen LogP contribution in [0.3, 0.4) is 0 Å². The fourth-order valence-electron chi connectivity index (χ4n) is 0.981. The topological polar surface area (TPSA) is 56.7 Å². The quantitative estimate of drug-likeness (QED) is 0.749. The lowest BCUT2D eigenvalue weighted by atomic mass is 10.4. The molecule has 2 rings (SSSR count). The Bertz CT molecular complexity index is 424. The molecule has 2 heterocycles. The summed E-state index contributed by atoms with van der Waals surface area (Å²) in [5.41, 5.74) is 6.11. The molecule has 0 amide bonds. The number of nitrogen functional groups attached to an aromatic ring is 1. The highest BCUT2D eigenvalue weighted by molar-refractivity contribution is 6.30. The highest BCUT2D eigenvalue weighted by atomic mass is 35.5. The molecule has 0 unspecified atom stereocenters. The molecule has 0 atom stereocenters. The molecule has 0 spiro atoms. The molecule has 0 bridgehead atoms. The Morgan fingerprint density at radius 3 is 2.92 bits per heavy atom. The molecule has 0 saturated carbocycles. The summed E-state index contributed by atoms with van der Waals surface area (Å²) in [6.07, 6.45) is 4.86.